The fraction of sp³-hybridized carbons (Fsp3) is 0.562. The minimum atomic E-state index is -0.0133. The maximum absolute atomic E-state index is 11.3. The standard InChI is InChI=1S/C16H21ClO2/c1-3-12-6-4-5-7-16(12)19-13-8-9-14(11(2)18)15(17)10-13/h8-10,12,16H,3-7H2,1-2H3. The Bertz CT molecular complexity index is 456. The second kappa shape index (κ2) is 6.42. The molecule has 1 aromatic carbocycles. The molecule has 0 N–H and O–H groups in total. The minimum absolute atomic E-state index is 0.0133. The predicted molar refractivity (Wildman–Crippen MR) is 78.1 cm³/mol. The van der Waals surface area contributed by atoms with E-state index in [-0.39, 0.29) is 11.9 Å². The summed E-state index contributed by atoms with van der Waals surface area (Å²) in [6, 6.07) is 5.37. The SMILES string of the molecule is CCC1CCCCC1Oc1ccc(C(C)=O)c(Cl)c1. The van der Waals surface area contributed by atoms with Crippen LogP contribution in [-0.2, 0) is 0 Å². The number of rotatable bonds is 4. The van der Waals surface area contributed by atoms with Crippen molar-refractivity contribution < 1.29 is 9.53 Å². The van der Waals surface area contributed by atoms with Crippen molar-refractivity contribution in [1.29, 1.82) is 0 Å². The summed E-state index contributed by atoms with van der Waals surface area (Å²) in [6.07, 6.45) is 6.36. The molecule has 0 spiro atoms. The lowest BCUT2D eigenvalue weighted by molar-refractivity contribution is 0.0903. The molecule has 1 fully saturated rings. The number of ether oxygens (including phenoxy) is 1. The fourth-order valence-electron chi connectivity index (χ4n) is 2.83. The third kappa shape index (κ3) is 3.50. The van der Waals surface area contributed by atoms with Gasteiger partial charge >= 0.3 is 0 Å². The molecule has 1 saturated carbocycles. The van der Waals surface area contributed by atoms with Gasteiger partial charge in [-0.25, -0.2) is 0 Å². The van der Waals surface area contributed by atoms with Crippen molar-refractivity contribution in [2.75, 3.05) is 0 Å². The van der Waals surface area contributed by atoms with Gasteiger partial charge in [-0.15, -0.1) is 0 Å². The average molecular weight is 281 g/mol. The lowest BCUT2D eigenvalue weighted by atomic mass is 9.85. The first-order chi connectivity index (χ1) is 9.11. The van der Waals surface area contributed by atoms with Crippen LogP contribution in [0, 0.1) is 5.92 Å². The van der Waals surface area contributed by atoms with Crippen LogP contribution in [0.1, 0.15) is 56.3 Å². The molecule has 0 heterocycles. The van der Waals surface area contributed by atoms with E-state index in [1.807, 2.05) is 6.07 Å². The molecule has 0 aliphatic heterocycles. The van der Waals surface area contributed by atoms with E-state index in [0.717, 1.165) is 18.6 Å². The van der Waals surface area contributed by atoms with Crippen molar-refractivity contribution >= 4 is 17.4 Å². The first-order valence-electron chi connectivity index (χ1n) is 7.09. The van der Waals surface area contributed by atoms with Crippen molar-refractivity contribution in [3.8, 4) is 5.75 Å². The predicted octanol–water partition coefficient (Wildman–Crippen LogP) is 4.89. The second-order valence-corrected chi connectivity index (χ2v) is 5.71. The molecule has 104 valence electrons. The number of benzene rings is 1. The number of ketones is 1. The van der Waals surface area contributed by atoms with Crippen molar-refractivity contribution in [3.05, 3.63) is 28.8 Å². The van der Waals surface area contributed by atoms with Crippen molar-refractivity contribution in [1.82, 2.24) is 0 Å². The smallest absolute Gasteiger partial charge is 0.161 e. The molecular formula is C16H21ClO2. The van der Waals surface area contributed by atoms with E-state index < -0.39 is 0 Å². The zero-order valence-corrected chi connectivity index (χ0v) is 12.4. The maximum atomic E-state index is 11.3. The van der Waals surface area contributed by atoms with Gasteiger partial charge < -0.3 is 4.74 Å². The first-order valence-corrected chi connectivity index (χ1v) is 7.46. The van der Waals surface area contributed by atoms with Gasteiger partial charge in [0.15, 0.2) is 5.78 Å². The molecule has 0 bridgehead atoms. The van der Waals surface area contributed by atoms with Gasteiger partial charge in [-0.2, -0.15) is 0 Å². The van der Waals surface area contributed by atoms with E-state index >= 15 is 0 Å². The second-order valence-electron chi connectivity index (χ2n) is 5.31. The molecule has 0 saturated heterocycles. The van der Waals surface area contributed by atoms with E-state index in [2.05, 4.69) is 6.92 Å². The Hall–Kier alpha value is -1.02. The normalized spacial score (nSPS) is 23.1. The van der Waals surface area contributed by atoms with Crippen LogP contribution in [0.5, 0.6) is 5.75 Å². The van der Waals surface area contributed by atoms with Gasteiger partial charge in [0, 0.05) is 5.56 Å². The highest BCUT2D eigenvalue weighted by molar-refractivity contribution is 6.34. The van der Waals surface area contributed by atoms with Crippen LogP contribution >= 0.6 is 11.6 Å². The molecule has 1 aromatic rings. The van der Waals surface area contributed by atoms with E-state index in [1.165, 1.54) is 26.2 Å². The Morgan fingerprint density at radius 2 is 2.11 bits per heavy atom. The summed E-state index contributed by atoms with van der Waals surface area (Å²) in [4.78, 5) is 11.3. The third-order valence-corrected chi connectivity index (χ3v) is 4.28. The molecule has 1 aliphatic rings. The lowest BCUT2D eigenvalue weighted by Crippen LogP contribution is -2.29. The molecule has 2 nitrogen and oxygen atoms in total. The largest absolute Gasteiger partial charge is 0.490 e. The Morgan fingerprint density at radius 3 is 2.74 bits per heavy atom. The maximum Gasteiger partial charge on any atom is 0.161 e. The van der Waals surface area contributed by atoms with Gasteiger partial charge in [-0.3, -0.25) is 4.79 Å². The highest BCUT2D eigenvalue weighted by Crippen LogP contribution is 2.32. The lowest BCUT2D eigenvalue weighted by Gasteiger charge is -2.31. The summed E-state index contributed by atoms with van der Waals surface area (Å²) in [7, 11) is 0. The van der Waals surface area contributed by atoms with E-state index in [4.69, 9.17) is 16.3 Å². The van der Waals surface area contributed by atoms with Crippen LogP contribution in [0.15, 0.2) is 18.2 Å². The molecule has 2 unspecified atom stereocenters. The van der Waals surface area contributed by atoms with Crippen LogP contribution in [0.3, 0.4) is 0 Å². The van der Waals surface area contributed by atoms with Gasteiger partial charge in [0.05, 0.1) is 5.02 Å². The number of carbonyl (C=O) groups excluding carboxylic acids is 1. The van der Waals surface area contributed by atoms with Crippen LogP contribution in [0.25, 0.3) is 0 Å². The fourth-order valence-corrected chi connectivity index (χ4v) is 3.13. The third-order valence-electron chi connectivity index (χ3n) is 3.97. The molecule has 0 amide bonds. The molecule has 0 aromatic heterocycles. The number of Topliss-reactive ketones (excluding diaryl/α,β-unsaturated/α-hetero) is 1. The number of carbonyl (C=O) groups is 1. The zero-order valence-electron chi connectivity index (χ0n) is 11.6. The minimum Gasteiger partial charge on any atom is -0.490 e. The van der Waals surface area contributed by atoms with E-state index in [1.54, 1.807) is 12.1 Å². The average Bonchev–Trinajstić information content (AvgIpc) is 2.39. The van der Waals surface area contributed by atoms with Gasteiger partial charge in [0.25, 0.3) is 0 Å². The summed E-state index contributed by atoms with van der Waals surface area (Å²) >= 11 is 6.11. The summed E-state index contributed by atoms with van der Waals surface area (Å²) in [6.45, 7) is 3.74. The van der Waals surface area contributed by atoms with Crippen LogP contribution in [-0.4, -0.2) is 11.9 Å². The van der Waals surface area contributed by atoms with Crippen LogP contribution in [0.2, 0.25) is 5.02 Å². The summed E-state index contributed by atoms with van der Waals surface area (Å²) < 4.78 is 6.08. The first kappa shape index (κ1) is 14.4. The highest BCUT2D eigenvalue weighted by Gasteiger charge is 2.25. The molecule has 1 aliphatic carbocycles. The molecule has 2 rings (SSSR count). The van der Waals surface area contributed by atoms with Crippen molar-refractivity contribution in [2.24, 2.45) is 5.92 Å². The quantitative estimate of drug-likeness (QED) is 0.734. The van der Waals surface area contributed by atoms with E-state index in [0.29, 0.717) is 16.5 Å². The van der Waals surface area contributed by atoms with Gasteiger partial charge in [-0.05, 0) is 56.7 Å². The highest BCUT2D eigenvalue weighted by atomic mass is 35.5. The van der Waals surface area contributed by atoms with Gasteiger partial charge in [0.1, 0.15) is 11.9 Å². The summed E-state index contributed by atoms with van der Waals surface area (Å²) in [5.41, 5.74) is 0.560. The zero-order chi connectivity index (χ0) is 13.8. The molecule has 19 heavy (non-hydrogen) atoms. The summed E-state index contributed by atoms with van der Waals surface area (Å²) in [5.74, 6) is 1.40. The molecule has 2 atom stereocenters. The molecular weight excluding hydrogens is 260 g/mol. The van der Waals surface area contributed by atoms with Crippen molar-refractivity contribution in [3.63, 3.8) is 0 Å². The Labute approximate surface area is 120 Å². The molecule has 3 heteroatoms. The Balaban J connectivity index is 2.10. The topological polar surface area (TPSA) is 26.3 Å². The molecule has 0 radical (unpaired) electrons. The number of hydrogen-bond donors (Lipinski definition) is 0. The van der Waals surface area contributed by atoms with Gasteiger partial charge in [-0.1, -0.05) is 24.9 Å². The number of hydrogen-bond acceptors (Lipinski definition) is 2. The van der Waals surface area contributed by atoms with Crippen LogP contribution in [0.4, 0.5) is 0 Å². The van der Waals surface area contributed by atoms with Gasteiger partial charge in [0.2, 0.25) is 0 Å². The summed E-state index contributed by atoms with van der Waals surface area (Å²) in [5, 5.41) is 0.480. The van der Waals surface area contributed by atoms with Crippen LogP contribution < -0.4 is 4.74 Å². The Morgan fingerprint density at radius 1 is 1.37 bits per heavy atom. The number of halogens is 1. The van der Waals surface area contributed by atoms with E-state index in [9.17, 15) is 4.79 Å². The monoisotopic (exact) mass is 280 g/mol. The van der Waals surface area contributed by atoms with Crippen molar-refractivity contribution in [2.45, 2.75) is 52.1 Å². The Kier molecular flexibility index (Phi) is 4.87.